The zero-order chi connectivity index (χ0) is 19.4. The molecule has 154 valence electrons. The number of nitrogens with zero attached hydrogens (tertiary/aromatic N) is 4. The second-order valence-corrected chi connectivity index (χ2v) is 7.01. The fraction of sp³-hybridized carbons (Fsp3) is 0.500. The number of halogens is 1. The average Bonchev–Trinajstić information content (AvgIpc) is 3.12. The molecule has 2 heterocycles. The molecule has 1 amide bonds. The number of imidazole rings is 1. The number of rotatable bonds is 6. The van der Waals surface area contributed by atoms with E-state index in [1.165, 1.54) is 0 Å². The number of benzene rings is 1. The summed E-state index contributed by atoms with van der Waals surface area (Å²) >= 11 is 0. The molecule has 0 bridgehead atoms. The molecule has 1 aliphatic heterocycles. The van der Waals surface area contributed by atoms with E-state index in [-0.39, 0.29) is 30.4 Å². The molecule has 0 saturated carbocycles. The van der Waals surface area contributed by atoms with E-state index in [4.69, 9.17) is 4.74 Å². The molecule has 3 rings (SSSR count). The maximum atomic E-state index is 13.0. The van der Waals surface area contributed by atoms with Crippen molar-refractivity contribution in [2.75, 3.05) is 40.3 Å². The summed E-state index contributed by atoms with van der Waals surface area (Å²) in [6.45, 7) is 4.89. The van der Waals surface area contributed by atoms with Crippen molar-refractivity contribution >= 4 is 18.3 Å². The van der Waals surface area contributed by atoms with Gasteiger partial charge < -0.3 is 19.5 Å². The van der Waals surface area contributed by atoms with Crippen LogP contribution in [0.15, 0.2) is 36.7 Å². The van der Waals surface area contributed by atoms with Gasteiger partial charge in [-0.15, -0.1) is 12.4 Å². The van der Waals surface area contributed by atoms with Gasteiger partial charge in [-0.3, -0.25) is 9.69 Å². The molecule has 1 aliphatic rings. The first-order chi connectivity index (χ1) is 13.0. The Morgan fingerprint density at radius 1 is 1.43 bits per heavy atom. The molecule has 1 fully saturated rings. The Balaban J connectivity index is 0.00000280. The number of para-hydroxylation sites is 1. The lowest BCUT2D eigenvalue weighted by Gasteiger charge is -2.37. The number of carbonyl (C=O) groups is 1. The number of nitrogens with one attached hydrogen (secondary N) is 1. The zero-order valence-electron chi connectivity index (χ0n) is 17.0. The number of methoxy groups -OCH3 is 1. The summed E-state index contributed by atoms with van der Waals surface area (Å²) < 4.78 is 7.48. The van der Waals surface area contributed by atoms with Gasteiger partial charge in [0.15, 0.2) is 0 Å². The Hall–Kier alpha value is -2.09. The first-order valence-corrected chi connectivity index (χ1v) is 9.33. The molecule has 2 aromatic rings. The number of carbonyl (C=O) groups excluding carboxylic acids is 1. The Kier molecular flexibility index (Phi) is 7.86. The predicted octanol–water partition coefficient (Wildman–Crippen LogP) is 2.02. The van der Waals surface area contributed by atoms with Crippen LogP contribution in [-0.2, 0) is 11.8 Å². The van der Waals surface area contributed by atoms with Crippen LogP contribution in [0, 0.1) is 0 Å². The predicted molar refractivity (Wildman–Crippen MR) is 112 cm³/mol. The Labute approximate surface area is 173 Å². The van der Waals surface area contributed by atoms with E-state index in [0.717, 1.165) is 36.8 Å². The third-order valence-electron chi connectivity index (χ3n) is 5.41. The van der Waals surface area contributed by atoms with Crippen molar-refractivity contribution in [1.29, 1.82) is 0 Å². The van der Waals surface area contributed by atoms with Crippen LogP contribution in [0.5, 0.6) is 5.75 Å². The van der Waals surface area contributed by atoms with E-state index in [9.17, 15) is 4.79 Å². The highest BCUT2D eigenvalue weighted by Crippen LogP contribution is 2.28. The van der Waals surface area contributed by atoms with E-state index in [1.54, 1.807) is 18.2 Å². The van der Waals surface area contributed by atoms with Crippen molar-refractivity contribution < 1.29 is 9.53 Å². The van der Waals surface area contributed by atoms with Gasteiger partial charge in [0.2, 0.25) is 5.91 Å². The van der Waals surface area contributed by atoms with Crippen LogP contribution in [0.4, 0.5) is 0 Å². The summed E-state index contributed by atoms with van der Waals surface area (Å²) in [6, 6.07) is 7.88. The molecule has 1 aromatic heterocycles. The highest BCUT2D eigenvalue weighted by atomic mass is 35.5. The summed E-state index contributed by atoms with van der Waals surface area (Å²) in [4.78, 5) is 21.5. The molecular weight excluding hydrogens is 378 g/mol. The molecule has 7 nitrogen and oxygen atoms in total. The van der Waals surface area contributed by atoms with Crippen LogP contribution < -0.4 is 10.1 Å². The SMILES string of the molecule is COc1ccccc1C(C)N(C)C(=O)CN1CCNCC1c1nccn1C.Cl. The third-order valence-corrected chi connectivity index (χ3v) is 5.41. The quantitative estimate of drug-likeness (QED) is 0.793. The maximum Gasteiger partial charge on any atom is 0.237 e. The topological polar surface area (TPSA) is 62.6 Å². The second-order valence-electron chi connectivity index (χ2n) is 7.01. The minimum absolute atomic E-state index is 0. The first kappa shape index (κ1) is 22.2. The van der Waals surface area contributed by atoms with Gasteiger partial charge in [0.25, 0.3) is 0 Å². The van der Waals surface area contributed by atoms with Crippen molar-refractivity contribution in [3.8, 4) is 5.75 Å². The summed E-state index contributed by atoms with van der Waals surface area (Å²) in [7, 11) is 5.51. The fourth-order valence-corrected chi connectivity index (χ4v) is 3.61. The van der Waals surface area contributed by atoms with Crippen LogP contribution in [0.25, 0.3) is 0 Å². The molecule has 0 spiro atoms. The lowest BCUT2D eigenvalue weighted by molar-refractivity contribution is -0.134. The van der Waals surface area contributed by atoms with E-state index in [0.29, 0.717) is 6.54 Å². The smallest absolute Gasteiger partial charge is 0.237 e. The van der Waals surface area contributed by atoms with Crippen molar-refractivity contribution in [2.45, 2.75) is 19.0 Å². The number of ether oxygens (including phenoxy) is 1. The van der Waals surface area contributed by atoms with Crippen molar-refractivity contribution in [2.24, 2.45) is 7.05 Å². The molecular formula is C20H30ClN5O2. The molecule has 28 heavy (non-hydrogen) atoms. The highest BCUT2D eigenvalue weighted by molar-refractivity contribution is 5.85. The van der Waals surface area contributed by atoms with Gasteiger partial charge in [-0.25, -0.2) is 4.98 Å². The zero-order valence-corrected chi connectivity index (χ0v) is 17.8. The first-order valence-electron chi connectivity index (χ1n) is 9.33. The van der Waals surface area contributed by atoms with Crippen LogP contribution in [-0.4, -0.2) is 65.6 Å². The molecule has 2 atom stereocenters. The Morgan fingerprint density at radius 2 is 2.18 bits per heavy atom. The van der Waals surface area contributed by atoms with E-state index in [2.05, 4.69) is 15.2 Å². The van der Waals surface area contributed by atoms with Crippen molar-refractivity contribution in [1.82, 2.24) is 24.7 Å². The lowest BCUT2D eigenvalue weighted by atomic mass is 10.1. The van der Waals surface area contributed by atoms with E-state index < -0.39 is 0 Å². The summed E-state index contributed by atoms with van der Waals surface area (Å²) in [6.07, 6.45) is 3.75. The van der Waals surface area contributed by atoms with Crippen LogP contribution >= 0.6 is 12.4 Å². The third kappa shape index (κ3) is 4.66. The molecule has 2 unspecified atom stereocenters. The second kappa shape index (κ2) is 9.91. The minimum Gasteiger partial charge on any atom is -0.496 e. The van der Waals surface area contributed by atoms with Crippen LogP contribution in [0.1, 0.15) is 30.4 Å². The minimum atomic E-state index is -0.0665. The molecule has 8 heteroatoms. The standard InChI is InChI=1S/C20H29N5O2.ClH/c1-15(16-7-5-6-8-18(16)27-4)24(3)19(26)14-25-12-9-21-13-17(25)20-22-10-11-23(20)2;/h5-8,10-11,15,17,21H,9,12-14H2,1-4H3;1H. The average molecular weight is 408 g/mol. The summed E-state index contributed by atoms with van der Waals surface area (Å²) in [5.74, 6) is 1.88. The number of aryl methyl sites for hydroxylation is 1. The van der Waals surface area contributed by atoms with Crippen LogP contribution in [0.3, 0.4) is 0 Å². The van der Waals surface area contributed by atoms with Gasteiger partial charge in [0.05, 0.1) is 25.7 Å². The fourth-order valence-electron chi connectivity index (χ4n) is 3.61. The maximum absolute atomic E-state index is 13.0. The van der Waals surface area contributed by atoms with E-state index in [1.807, 2.05) is 56.0 Å². The highest BCUT2D eigenvalue weighted by Gasteiger charge is 2.30. The lowest BCUT2D eigenvalue weighted by Crippen LogP contribution is -2.50. The number of amides is 1. The van der Waals surface area contributed by atoms with Gasteiger partial charge in [-0.05, 0) is 13.0 Å². The van der Waals surface area contributed by atoms with Gasteiger partial charge in [-0.2, -0.15) is 0 Å². The van der Waals surface area contributed by atoms with Gasteiger partial charge in [0, 0.05) is 51.7 Å². The Morgan fingerprint density at radius 3 is 2.86 bits per heavy atom. The van der Waals surface area contributed by atoms with Gasteiger partial charge >= 0.3 is 0 Å². The molecule has 1 aromatic carbocycles. The van der Waals surface area contributed by atoms with Gasteiger partial charge in [0.1, 0.15) is 11.6 Å². The molecule has 1 saturated heterocycles. The summed E-state index contributed by atoms with van der Waals surface area (Å²) in [5, 5.41) is 3.41. The number of piperazine rings is 1. The van der Waals surface area contributed by atoms with Gasteiger partial charge in [-0.1, -0.05) is 18.2 Å². The van der Waals surface area contributed by atoms with Crippen molar-refractivity contribution in [3.63, 3.8) is 0 Å². The van der Waals surface area contributed by atoms with Crippen molar-refractivity contribution in [3.05, 3.63) is 48.0 Å². The number of hydrogen-bond donors (Lipinski definition) is 1. The summed E-state index contributed by atoms with van der Waals surface area (Å²) in [5.41, 5.74) is 1.01. The monoisotopic (exact) mass is 407 g/mol. The van der Waals surface area contributed by atoms with E-state index >= 15 is 0 Å². The van der Waals surface area contributed by atoms with Crippen LogP contribution in [0.2, 0.25) is 0 Å². The largest absolute Gasteiger partial charge is 0.496 e. The number of likely N-dealkylation sites (N-methyl/N-ethyl adjacent to an activating group) is 1. The molecule has 0 radical (unpaired) electrons. The normalized spacial score (nSPS) is 18.2. The number of hydrogen-bond acceptors (Lipinski definition) is 5. The Bertz CT molecular complexity index is 781. The number of aromatic nitrogens is 2. The molecule has 0 aliphatic carbocycles. The molecule has 1 N–H and O–H groups in total.